The average molecular weight is 250 g/mol. The number of nitrogens with zero attached hydrogens (tertiary/aromatic N) is 2. The van der Waals surface area contributed by atoms with Crippen molar-refractivity contribution in [3.63, 3.8) is 0 Å². The van der Waals surface area contributed by atoms with Crippen molar-refractivity contribution in [3.05, 3.63) is 11.8 Å². The largest absolute Gasteiger partial charge is 0.366 e. The molecule has 1 saturated heterocycles. The van der Waals surface area contributed by atoms with Crippen LogP contribution >= 0.6 is 0 Å². The summed E-state index contributed by atoms with van der Waals surface area (Å²) >= 11 is 0. The molecule has 100 valence electrons. The molecule has 2 rings (SSSR count). The number of nitrogens with one attached hydrogen (secondary N) is 2. The van der Waals surface area contributed by atoms with Crippen LogP contribution < -0.4 is 5.32 Å². The highest BCUT2D eigenvalue weighted by Crippen LogP contribution is 2.11. The number of aromatic amines is 1. The molecule has 5 heteroatoms. The summed E-state index contributed by atoms with van der Waals surface area (Å²) in [6.07, 6.45) is 3.70. The van der Waals surface area contributed by atoms with Gasteiger partial charge in [0.2, 0.25) is 0 Å². The molecule has 0 radical (unpaired) electrons. The number of carbonyl (C=O) groups is 1. The molecular formula is C13H22N4O. The highest BCUT2D eigenvalue weighted by atomic mass is 16.1. The van der Waals surface area contributed by atoms with Crippen molar-refractivity contribution in [3.8, 4) is 0 Å². The molecule has 0 amide bonds. The Hall–Kier alpha value is -1.36. The lowest BCUT2D eigenvalue weighted by Gasteiger charge is -2.25. The minimum atomic E-state index is 0.126. The fourth-order valence-electron chi connectivity index (χ4n) is 2.24. The number of hydrogen-bond acceptors (Lipinski definition) is 4. The Labute approximate surface area is 108 Å². The Morgan fingerprint density at radius 1 is 1.44 bits per heavy atom. The van der Waals surface area contributed by atoms with Gasteiger partial charge in [-0.25, -0.2) is 0 Å². The monoisotopic (exact) mass is 250 g/mol. The molecular weight excluding hydrogens is 228 g/mol. The molecule has 1 fully saturated rings. The molecule has 0 unspecified atom stereocenters. The Bertz CT molecular complexity index is 393. The van der Waals surface area contributed by atoms with E-state index in [1.165, 1.54) is 19.3 Å². The molecule has 2 heterocycles. The maximum Gasteiger partial charge on any atom is 0.194 e. The summed E-state index contributed by atoms with van der Waals surface area (Å²) in [5.41, 5.74) is 0.601. The quantitative estimate of drug-likeness (QED) is 0.784. The number of piperidine rings is 1. The van der Waals surface area contributed by atoms with E-state index in [0.29, 0.717) is 18.3 Å². The van der Waals surface area contributed by atoms with Crippen LogP contribution in [0.4, 0.5) is 5.82 Å². The van der Waals surface area contributed by atoms with Crippen LogP contribution in [0.25, 0.3) is 0 Å². The van der Waals surface area contributed by atoms with E-state index >= 15 is 0 Å². The van der Waals surface area contributed by atoms with Crippen LogP contribution in [0.5, 0.6) is 0 Å². The summed E-state index contributed by atoms with van der Waals surface area (Å²) in [6.45, 7) is 6.67. The van der Waals surface area contributed by atoms with Gasteiger partial charge in [0.25, 0.3) is 0 Å². The predicted molar refractivity (Wildman–Crippen MR) is 72.0 cm³/mol. The second-order valence-electron chi connectivity index (χ2n) is 5.23. The van der Waals surface area contributed by atoms with Crippen molar-refractivity contribution >= 4 is 11.6 Å². The van der Waals surface area contributed by atoms with Crippen molar-refractivity contribution in [1.29, 1.82) is 0 Å². The van der Waals surface area contributed by atoms with Gasteiger partial charge in [-0.3, -0.25) is 14.8 Å². The molecule has 0 aliphatic carbocycles. The molecule has 1 aromatic heterocycles. The SMILES string of the molecule is CC(C)Nc1cc(C(=O)CN2CCCCC2)[nH]n1. The van der Waals surface area contributed by atoms with Gasteiger partial charge < -0.3 is 5.32 Å². The number of H-pyrrole nitrogens is 1. The van der Waals surface area contributed by atoms with Gasteiger partial charge in [0, 0.05) is 12.1 Å². The Morgan fingerprint density at radius 3 is 2.83 bits per heavy atom. The smallest absolute Gasteiger partial charge is 0.194 e. The Balaban J connectivity index is 1.89. The van der Waals surface area contributed by atoms with Gasteiger partial charge in [-0.1, -0.05) is 6.42 Å². The number of likely N-dealkylation sites (tertiary alicyclic amines) is 1. The lowest BCUT2D eigenvalue weighted by Crippen LogP contribution is -2.34. The molecule has 5 nitrogen and oxygen atoms in total. The van der Waals surface area contributed by atoms with Crippen LogP contribution in [-0.4, -0.2) is 46.6 Å². The minimum Gasteiger partial charge on any atom is -0.366 e. The first-order valence-electron chi connectivity index (χ1n) is 6.72. The van der Waals surface area contributed by atoms with Gasteiger partial charge in [0.15, 0.2) is 5.78 Å². The summed E-state index contributed by atoms with van der Waals surface area (Å²) in [4.78, 5) is 14.3. The van der Waals surface area contributed by atoms with Gasteiger partial charge in [-0.15, -0.1) is 0 Å². The molecule has 0 saturated carbocycles. The summed E-state index contributed by atoms with van der Waals surface area (Å²) in [5.74, 6) is 0.869. The number of aromatic nitrogens is 2. The fraction of sp³-hybridized carbons (Fsp3) is 0.692. The second-order valence-corrected chi connectivity index (χ2v) is 5.23. The Morgan fingerprint density at radius 2 is 2.17 bits per heavy atom. The maximum atomic E-state index is 12.1. The molecule has 0 aromatic carbocycles. The molecule has 1 aliphatic heterocycles. The highest BCUT2D eigenvalue weighted by Gasteiger charge is 2.16. The van der Waals surface area contributed by atoms with E-state index in [1.54, 1.807) is 6.07 Å². The number of rotatable bonds is 5. The van der Waals surface area contributed by atoms with E-state index < -0.39 is 0 Å². The summed E-state index contributed by atoms with van der Waals surface area (Å²) in [7, 11) is 0. The van der Waals surface area contributed by atoms with E-state index in [-0.39, 0.29) is 5.78 Å². The van der Waals surface area contributed by atoms with Gasteiger partial charge in [0.1, 0.15) is 11.5 Å². The van der Waals surface area contributed by atoms with E-state index in [0.717, 1.165) is 18.9 Å². The van der Waals surface area contributed by atoms with Crippen molar-refractivity contribution in [2.75, 3.05) is 25.0 Å². The van der Waals surface area contributed by atoms with Crippen molar-refractivity contribution in [1.82, 2.24) is 15.1 Å². The third kappa shape index (κ3) is 3.57. The zero-order valence-corrected chi connectivity index (χ0v) is 11.2. The summed E-state index contributed by atoms with van der Waals surface area (Å²) in [5, 5.41) is 10.1. The van der Waals surface area contributed by atoms with Crippen molar-refractivity contribution in [2.24, 2.45) is 0 Å². The first-order chi connectivity index (χ1) is 8.65. The first kappa shape index (κ1) is 13.1. The third-order valence-electron chi connectivity index (χ3n) is 3.13. The lowest BCUT2D eigenvalue weighted by atomic mass is 10.1. The number of hydrogen-bond donors (Lipinski definition) is 2. The van der Waals surface area contributed by atoms with Crippen LogP contribution in [0.3, 0.4) is 0 Å². The molecule has 2 N–H and O–H groups in total. The van der Waals surface area contributed by atoms with Crippen LogP contribution in [0, 0.1) is 0 Å². The molecule has 0 spiro atoms. The zero-order valence-electron chi connectivity index (χ0n) is 11.2. The number of ketones is 1. The van der Waals surface area contributed by atoms with Crippen LogP contribution in [-0.2, 0) is 0 Å². The summed E-state index contributed by atoms with van der Waals surface area (Å²) in [6, 6.07) is 2.12. The van der Waals surface area contributed by atoms with Gasteiger partial charge >= 0.3 is 0 Å². The molecule has 1 aliphatic rings. The Kier molecular flexibility index (Phi) is 4.36. The number of anilines is 1. The first-order valence-corrected chi connectivity index (χ1v) is 6.72. The van der Waals surface area contributed by atoms with Crippen LogP contribution in [0.15, 0.2) is 6.07 Å². The maximum absolute atomic E-state index is 12.1. The topological polar surface area (TPSA) is 61.0 Å². The summed E-state index contributed by atoms with van der Waals surface area (Å²) < 4.78 is 0. The normalized spacial score (nSPS) is 17.1. The number of Topliss-reactive ketones (excluding diaryl/α,β-unsaturated/α-hetero) is 1. The molecule has 1 aromatic rings. The molecule has 0 atom stereocenters. The standard InChI is InChI=1S/C13H22N4O/c1-10(2)14-13-8-11(15-16-13)12(18)9-17-6-4-3-5-7-17/h8,10H,3-7,9H2,1-2H3,(H2,14,15,16). The molecule has 18 heavy (non-hydrogen) atoms. The van der Waals surface area contributed by atoms with Crippen molar-refractivity contribution in [2.45, 2.75) is 39.2 Å². The van der Waals surface area contributed by atoms with Crippen molar-refractivity contribution < 1.29 is 4.79 Å². The number of carbonyl (C=O) groups excluding carboxylic acids is 1. The minimum absolute atomic E-state index is 0.126. The zero-order chi connectivity index (χ0) is 13.0. The van der Waals surface area contributed by atoms with Crippen LogP contribution in [0.1, 0.15) is 43.6 Å². The van der Waals surface area contributed by atoms with E-state index in [4.69, 9.17) is 0 Å². The highest BCUT2D eigenvalue weighted by molar-refractivity contribution is 5.96. The van der Waals surface area contributed by atoms with E-state index in [1.807, 2.05) is 13.8 Å². The fourth-order valence-corrected chi connectivity index (χ4v) is 2.24. The van der Waals surface area contributed by atoms with Crippen LogP contribution in [0.2, 0.25) is 0 Å². The van der Waals surface area contributed by atoms with Gasteiger partial charge in [-0.2, -0.15) is 5.10 Å². The van der Waals surface area contributed by atoms with E-state index in [9.17, 15) is 4.79 Å². The van der Waals surface area contributed by atoms with Gasteiger partial charge in [-0.05, 0) is 39.8 Å². The average Bonchev–Trinajstić information content (AvgIpc) is 2.78. The third-order valence-corrected chi connectivity index (χ3v) is 3.13. The predicted octanol–water partition coefficient (Wildman–Crippen LogP) is 1.90. The van der Waals surface area contributed by atoms with E-state index in [2.05, 4.69) is 20.4 Å². The lowest BCUT2D eigenvalue weighted by molar-refractivity contribution is 0.0910. The molecule has 0 bridgehead atoms. The van der Waals surface area contributed by atoms with Gasteiger partial charge in [0.05, 0.1) is 6.54 Å². The second kappa shape index (κ2) is 6.00.